The summed E-state index contributed by atoms with van der Waals surface area (Å²) in [5, 5.41) is 40.9. The molecule has 0 heterocycles. The van der Waals surface area contributed by atoms with E-state index in [1.54, 1.807) is 0 Å². The molecule has 9 heteroatoms. The molecule has 0 saturated heterocycles. The van der Waals surface area contributed by atoms with E-state index in [9.17, 15) is 39.6 Å². The largest absolute Gasteiger partial charge is 0.550 e. The van der Waals surface area contributed by atoms with Crippen LogP contribution in [0.3, 0.4) is 0 Å². The van der Waals surface area contributed by atoms with Crippen molar-refractivity contribution in [2.24, 2.45) is 0 Å². The number of allylic oxidation sites excluding steroid dienone is 8. The van der Waals surface area contributed by atoms with Gasteiger partial charge >= 0.3 is 0 Å². The van der Waals surface area contributed by atoms with E-state index in [-0.39, 0.29) is 45.8 Å². The average molecular weight is 1320 g/mol. The van der Waals surface area contributed by atoms with E-state index >= 15 is 0 Å². The Kier molecular flexibility index (Phi) is 90.4. The number of carboxylic acids is 4. The first-order valence-electron chi connectivity index (χ1n) is 34.5. The van der Waals surface area contributed by atoms with Crippen molar-refractivity contribution < 1.29 is 59.7 Å². The number of carboxylic acid groups (broad SMARTS) is 4. The number of aliphatic carboxylic acids is 4. The number of hydrogen-bond acceptors (Lipinski definition) is 8. The second-order valence-electron chi connectivity index (χ2n) is 22.8. The van der Waals surface area contributed by atoms with Gasteiger partial charge in [0.15, 0.2) is 0 Å². The third-order valence-electron chi connectivity index (χ3n) is 14.6. The number of unbranched alkanes of at least 4 members (excludes halogenated alkanes) is 44. The van der Waals surface area contributed by atoms with Crippen molar-refractivity contribution >= 4 is 23.9 Å². The number of rotatable bonds is 60. The second kappa shape index (κ2) is 83.9. The average Bonchev–Trinajstić information content (AvgIpc) is 3.43. The summed E-state index contributed by atoms with van der Waals surface area (Å²) < 4.78 is 0. The number of hydrogen-bond donors (Lipinski definition) is 0. The van der Waals surface area contributed by atoms with Gasteiger partial charge in [0.2, 0.25) is 0 Å². The van der Waals surface area contributed by atoms with E-state index in [0.29, 0.717) is 0 Å². The zero-order valence-electron chi connectivity index (χ0n) is 53.8. The minimum absolute atomic E-state index is 0. The second-order valence-corrected chi connectivity index (χ2v) is 22.8. The normalized spacial score (nSPS) is 11.1. The summed E-state index contributed by atoms with van der Waals surface area (Å²) in [4.78, 5) is 40.9. The Morgan fingerprint density at radius 3 is 0.432 bits per heavy atom. The third kappa shape index (κ3) is 103. The monoisotopic (exact) mass is 1320 g/mol. The summed E-state index contributed by atoms with van der Waals surface area (Å²) in [6.07, 6.45) is 83.6. The number of carbonyl (C=O) groups is 4. The Morgan fingerprint density at radius 1 is 0.198 bits per heavy atom. The molecule has 0 bridgehead atoms. The van der Waals surface area contributed by atoms with Gasteiger partial charge in [0.25, 0.3) is 0 Å². The Balaban J connectivity index is -0.000000316. The molecule has 0 aromatic rings. The standard InChI is InChI=1S/4C18H34O2.Ir/c4*1-2-3-4-5-6-7-8-9-10-11-12-13-14-15-16-17-18(19)20;/h4*9-10H,2-8,11-17H2,1H3,(H,19,20);/p-4/b4*10-9-;. The summed E-state index contributed by atoms with van der Waals surface area (Å²) in [5.74, 6) is -3.66. The van der Waals surface area contributed by atoms with E-state index < -0.39 is 23.9 Å². The molecule has 0 N–H and O–H groups in total. The van der Waals surface area contributed by atoms with Gasteiger partial charge in [0.05, 0.1) is 0 Å². The van der Waals surface area contributed by atoms with Crippen LogP contribution in [0.4, 0.5) is 0 Å². The molecule has 0 aliphatic heterocycles. The van der Waals surface area contributed by atoms with Gasteiger partial charge < -0.3 is 39.6 Å². The molecule has 0 fully saturated rings. The van der Waals surface area contributed by atoms with Gasteiger partial charge in [-0.2, -0.15) is 0 Å². The predicted molar refractivity (Wildman–Crippen MR) is 338 cm³/mol. The maximum absolute atomic E-state index is 10.2. The van der Waals surface area contributed by atoms with Gasteiger partial charge in [-0.05, 0) is 154 Å². The van der Waals surface area contributed by atoms with Gasteiger partial charge in [0, 0.05) is 44.0 Å². The summed E-state index contributed by atoms with van der Waals surface area (Å²) in [5.41, 5.74) is 0. The zero-order chi connectivity index (χ0) is 59.6. The fourth-order valence-corrected chi connectivity index (χ4v) is 9.36. The molecule has 0 aromatic heterocycles. The fourth-order valence-electron chi connectivity index (χ4n) is 9.36. The van der Waals surface area contributed by atoms with Gasteiger partial charge in [-0.3, -0.25) is 0 Å². The van der Waals surface area contributed by atoms with Crippen LogP contribution in [0.25, 0.3) is 0 Å². The summed E-state index contributed by atoms with van der Waals surface area (Å²) in [6.45, 7) is 9.02. The van der Waals surface area contributed by atoms with Gasteiger partial charge in [-0.15, -0.1) is 0 Å². The van der Waals surface area contributed by atoms with Crippen molar-refractivity contribution in [3.05, 3.63) is 48.6 Å². The molecule has 0 aliphatic rings. The zero-order valence-corrected chi connectivity index (χ0v) is 56.2. The minimum Gasteiger partial charge on any atom is -0.550 e. The van der Waals surface area contributed by atoms with Crippen LogP contribution in [0.5, 0.6) is 0 Å². The van der Waals surface area contributed by atoms with Crippen molar-refractivity contribution in [2.45, 2.75) is 387 Å². The Labute approximate surface area is 516 Å². The van der Waals surface area contributed by atoms with Gasteiger partial charge in [0.1, 0.15) is 0 Å². The molecule has 1 radical (unpaired) electrons. The van der Waals surface area contributed by atoms with E-state index in [1.807, 2.05) is 0 Å². The van der Waals surface area contributed by atoms with Gasteiger partial charge in [-0.1, -0.05) is 282 Å². The molecule has 8 nitrogen and oxygen atoms in total. The Morgan fingerprint density at radius 2 is 0.309 bits per heavy atom. The SMILES string of the molecule is CCCCCCCC/C=C\CCCCCCCC(=O)[O-].CCCCCCCC/C=C\CCCCCCCC(=O)[O-].CCCCCCCC/C=C\CCCCCCCC(=O)[O-].CCCCCCCC/C=C\CCCCCCCC(=O)[O-].[Ir]. The molecule has 81 heavy (non-hydrogen) atoms. The summed E-state index contributed by atoms with van der Waals surface area (Å²) >= 11 is 0. The van der Waals surface area contributed by atoms with Gasteiger partial charge in [-0.25, -0.2) is 0 Å². The van der Waals surface area contributed by atoms with Crippen molar-refractivity contribution in [2.75, 3.05) is 0 Å². The molecule has 0 aliphatic carbocycles. The van der Waals surface area contributed by atoms with Crippen molar-refractivity contribution in [1.82, 2.24) is 0 Å². The molecule has 0 aromatic carbocycles. The molecular weight excluding hydrogens is 1190 g/mol. The maximum Gasteiger partial charge on any atom is 0.0414 e. The van der Waals surface area contributed by atoms with Crippen molar-refractivity contribution in [3.8, 4) is 0 Å². The van der Waals surface area contributed by atoms with Crippen LogP contribution >= 0.6 is 0 Å². The van der Waals surface area contributed by atoms with Crippen LogP contribution in [0.2, 0.25) is 0 Å². The molecular formula is C72H132IrO8-4. The molecule has 0 rings (SSSR count). The summed E-state index contributed by atoms with van der Waals surface area (Å²) in [6, 6.07) is 0. The van der Waals surface area contributed by atoms with Crippen molar-refractivity contribution in [3.63, 3.8) is 0 Å². The molecule has 0 amide bonds. The van der Waals surface area contributed by atoms with Crippen LogP contribution in [-0.4, -0.2) is 23.9 Å². The Bertz CT molecular complexity index is 1140. The smallest absolute Gasteiger partial charge is 0.0414 e. The maximum atomic E-state index is 10.2. The van der Waals surface area contributed by atoms with Crippen LogP contribution in [0.1, 0.15) is 387 Å². The fraction of sp³-hybridized carbons (Fsp3) is 0.833. The Hall–Kier alpha value is -2.51. The van der Waals surface area contributed by atoms with E-state index in [2.05, 4.69) is 76.3 Å². The predicted octanol–water partition coefficient (Wildman–Crippen LogP) is 19.1. The first kappa shape index (κ1) is 87.3. The minimum atomic E-state index is -0.914. The third-order valence-corrected chi connectivity index (χ3v) is 14.6. The molecule has 0 unspecified atom stereocenters. The number of carbonyl (C=O) groups excluding carboxylic acids is 4. The molecule has 0 saturated carbocycles. The van der Waals surface area contributed by atoms with Crippen LogP contribution in [0, 0.1) is 0 Å². The molecule has 0 atom stereocenters. The van der Waals surface area contributed by atoms with E-state index in [1.165, 1.54) is 257 Å². The van der Waals surface area contributed by atoms with Crippen LogP contribution in [-0.2, 0) is 39.3 Å². The molecule has 0 spiro atoms. The van der Waals surface area contributed by atoms with Crippen LogP contribution < -0.4 is 20.4 Å². The van der Waals surface area contributed by atoms with Crippen LogP contribution in [0.15, 0.2) is 48.6 Å². The molecule has 481 valence electrons. The first-order chi connectivity index (χ1) is 39.1. The van der Waals surface area contributed by atoms with E-state index in [4.69, 9.17) is 0 Å². The summed E-state index contributed by atoms with van der Waals surface area (Å²) in [7, 11) is 0. The quantitative estimate of drug-likeness (QED) is 0.0430. The van der Waals surface area contributed by atoms with E-state index in [0.717, 1.165) is 77.0 Å². The first-order valence-corrected chi connectivity index (χ1v) is 34.5. The topological polar surface area (TPSA) is 161 Å². The van der Waals surface area contributed by atoms with Crippen molar-refractivity contribution in [1.29, 1.82) is 0 Å².